The third kappa shape index (κ3) is 4.33. The number of thiophene rings is 1. The zero-order valence-electron chi connectivity index (χ0n) is 9.57. The van der Waals surface area contributed by atoms with Crippen LogP contribution < -0.4 is 5.32 Å². The van der Waals surface area contributed by atoms with E-state index in [4.69, 9.17) is 0 Å². The second-order valence-corrected chi connectivity index (χ2v) is 4.69. The Kier molecular flexibility index (Phi) is 5.91. The van der Waals surface area contributed by atoms with Crippen LogP contribution in [0.15, 0.2) is 16.8 Å². The quantitative estimate of drug-likeness (QED) is 0.750. The minimum atomic E-state index is -0.356. The number of aliphatic hydroxyl groups is 1. The molecule has 1 rings (SSSR count). The fraction of sp³-hybridized carbons (Fsp3) is 0.667. The van der Waals surface area contributed by atoms with Crippen molar-refractivity contribution in [3.8, 4) is 0 Å². The molecule has 0 radical (unpaired) electrons. The van der Waals surface area contributed by atoms with Crippen molar-refractivity contribution in [3.63, 3.8) is 0 Å². The summed E-state index contributed by atoms with van der Waals surface area (Å²) in [7, 11) is 0. The van der Waals surface area contributed by atoms with Crippen LogP contribution in [0.25, 0.3) is 0 Å². The molecule has 1 aromatic rings. The molecule has 15 heavy (non-hydrogen) atoms. The topological polar surface area (TPSA) is 32.3 Å². The first-order valence-electron chi connectivity index (χ1n) is 5.68. The largest absolute Gasteiger partial charge is 0.387 e. The highest BCUT2D eigenvalue weighted by Gasteiger charge is 2.08. The summed E-state index contributed by atoms with van der Waals surface area (Å²) in [6.07, 6.45) is 2.06. The van der Waals surface area contributed by atoms with Gasteiger partial charge >= 0.3 is 0 Å². The zero-order chi connectivity index (χ0) is 11.1. The molecule has 86 valence electrons. The second-order valence-electron chi connectivity index (χ2n) is 3.91. The molecule has 0 aliphatic carbocycles. The van der Waals surface area contributed by atoms with Crippen LogP contribution in [0.3, 0.4) is 0 Å². The molecule has 0 saturated heterocycles. The summed E-state index contributed by atoms with van der Waals surface area (Å²) in [6.45, 7) is 6.09. The molecule has 2 nitrogen and oxygen atoms in total. The number of hydrogen-bond acceptors (Lipinski definition) is 3. The van der Waals surface area contributed by atoms with Crippen molar-refractivity contribution in [2.75, 3.05) is 13.1 Å². The first-order valence-corrected chi connectivity index (χ1v) is 6.63. The van der Waals surface area contributed by atoms with E-state index in [0.717, 1.165) is 18.0 Å². The van der Waals surface area contributed by atoms with Crippen LogP contribution in [-0.2, 0) is 0 Å². The maximum Gasteiger partial charge on any atom is 0.0922 e. The Labute approximate surface area is 96.3 Å². The number of hydrogen-bond donors (Lipinski definition) is 2. The molecule has 0 spiro atoms. The van der Waals surface area contributed by atoms with Crippen LogP contribution in [0, 0.1) is 5.92 Å². The molecule has 1 atom stereocenters. The van der Waals surface area contributed by atoms with Crippen LogP contribution in [0.2, 0.25) is 0 Å². The smallest absolute Gasteiger partial charge is 0.0922 e. The predicted molar refractivity (Wildman–Crippen MR) is 66.2 cm³/mol. The number of aliphatic hydroxyl groups excluding tert-OH is 1. The van der Waals surface area contributed by atoms with Gasteiger partial charge in [0.05, 0.1) is 6.10 Å². The molecule has 1 heterocycles. The summed E-state index contributed by atoms with van der Waals surface area (Å²) < 4.78 is 0. The Morgan fingerprint density at radius 2 is 2.07 bits per heavy atom. The lowest BCUT2D eigenvalue weighted by atomic mass is 10.0. The van der Waals surface area contributed by atoms with Gasteiger partial charge in [-0.2, -0.15) is 11.3 Å². The normalized spacial score (nSPS) is 13.3. The molecule has 0 aromatic carbocycles. The third-order valence-corrected chi connectivity index (χ3v) is 3.55. The van der Waals surface area contributed by atoms with Gasteiger partial charge in [0.1, 0.15) is 0 Å². The number of rotatable bonds is 7. The first-order chi connectivity index (χ1) is 7.27. The molecular formula is C12H21NOS. The van der Waals surface area contributed by atoms with Gasteiger partial charge in [-0.15, -0.1) is 0 Å². The standard InChI is InChI=1S/C12H21NOS/c1-3-10(4-2)7-13-8-12(14)11-5-6-15-9-11/h5-6,9-10,12-14H,3-4,7-8H2,1-2H3/t12-/m0/s1. The van der Waals surface area contributed by atoms with Gasteiger partial charge in [-0.3, -0.25) is 0 Å². The molecule has 0 aliphatic rings. The van der Waals surface area contributed by atoms with E-state index in [0.29, 0.717) is 6.54 Å². The highest BCUT2D eigenvalue weighted by atomic mass is 32.1. The van der Waals surface area contributed by atoms with Crippen LogP contribution in [0.4, 0.5) is 0 Å². The monoisotopic (exact) mass is 227 g/mol. The van der Waals surface area contributed by atoms with Crippen LogP contribution in [0.5, 0.6) is 0 Å². The van der Waals surface area contributed by atoms with E-state index in [-0.39, 0.29) is 6.10 Å². The Morgan fingerprint density at radius 3 is 2.60 bits per heavy atom. The van der Waals surface area contributed by atoms with Crippen LogP contribution >= 0.6 is 11.3 Å². The minimum absolute atomic E-state index is 0.356. The average Bonchev–Trinajstić information content (AvgIpc) is 2.77. The third-order valence-electron chi connectivity index (χ3n) is 2.85. The molecule has 0 unspecified atom stereocenters. The van der Waals surface area contributed by atoms with E-state index in [9.17, 15) is 5.11 Å². The van der Waals surface area contributed by atoms with E-state index in [1.165, 1.54) is 12.8 Å². The van der Waals surface area contributed by atoms with Crippen molar-refractivity contribution >= 4 is 11.3 Å². The summed E-state index contributed by atoms with van der Waals surface area (Å²) >= 11 is 1.63. The molecular weight excluding hydrogens is 206 g/mol. The Bertz CT molecular complexity index is 244. The lowest BCUT2D eigenvalue weighted by Crippen LogP contribution is -2.26. The van der Waals surface area contributed by atoms with Gasteiger partial charge in [-0.25, -0.2) is 0 Å². The van der Waals surface area contributed by atoms with Crippen LogP contribution in [-0.4, -0.2) is 18.2 Å². The van der Waals surface area contributed by atoms with Crippen molar-refractivity contribution < 1.29 is 5.11 Å². The first kappa shape index (κ1) is 12.7. The maximum atomic E-state index is 9.81. The van der Waals surface area contributed by atoms with E-state index in [1.54, 1.807) is 11.3 Å². The average molecular weight is 227 g/mol. The lowest BCUT2D eigenvalue weighted by molar-refractivity contribution is 0.173. The number of nitrogens with one attached hydrogen (secondary N) is 1. The molecule has 0 aliphatic heterocycles. The summed E-state index contributed by atoms with van der Waals surface area (Å²) in [6, 6.07) is 1.98. The van der Waals surface area contributed by atoms with Gasteiger partial charge in [0, 0.05) is 6.54 Å². The SMILES string of the molecule is CCC(CC)CNC[C@H](O)c1ccsc1. The van der Waals surface area contributed by atoms with E-state index in [1.807, 2.05) is 16.8 Å². The van der Waals surface area contributed by atoms with Crippen molar-refractivity contribution in [2.24, 2.45) is 5.92 Å². The molecule has 1 aromatic heterocycles. The predicted octanol–water partition coefficient (Wildman–Crippen LogP) is 2.81. The van der Waals surface area contributed by atoms with E-state index >= 15 is 0 Å². The summed E-state index contributed by atoms with van der Waals surface area (Å²) in [4.78, 5) is 0. The van der Waals surface area contributed by atoms with E-state index in [2.05, 4.69) is 19.2 Å². The maximum absolute atomic E-state index is 9.81. The molecule has 3 heteroatoms. The van der Waals surface area contributed by atoms with Crippen molar-refractivity contribution in [3.05, 3.63) is 22.4 Å². The minimum Gasteiger partial charge on any atom is -0.387 e. The fourth-order valence-corrected chi connectivity index (χ4v) is 2.29. The van der Waals surface area contributed by atoms with Gasteiger partial charge in [-0.1, -0.05) is 26.7 Å². The van der Waals surface area contributed by atoms with Crippen molar-refractivity contribution in [1.82, 2.24) is 5.32 Å². The summed E-state index contributed by atoms with van der Waals surface area (Å²) in [5.41, 5.74) is 1.03. The van der Waals surface area contributed by atoms with Gasteiger partial charge in [0.2, 0.25) is 0 Å². The zero-order valence-corrected chi connectivity index (χ0v) is 10.4. The van der Waals surface area contributed by atoms with Crippen molar-refractivity contribution in [1.29, 1.82) is 0 Å². The molecule has 0 saturated carbocycles. The van der Waals surface area contributed by atoms with Crippen LogP contribution in [0.1, 0.15) is 38.4 Å². The van der Waals surface area contributed by atoms with Crippen molar-refractivity contribution in [2.45, 2.75) is 32.8 Å². The highest BCUT2D eigenvalue weighted by molar-refractivity contribution is 7.07. The Hall–Kier alpha value is -0.380. The lowest BCUT2D eigenvalue weighted by Gasteiger charge is -2.15. The Balaban J connectivity index is 2.20. The molecule has 0 amide bonds. The highest BCUT2D eigenvalue weighted by Crippen LogP contribution is 2.15. The second kappa shape index (κ2) is 6.99. The van der Waals surface area contributed by atoms with Gasteiger partial charge < -0.3 is 10.4 Å². The molecule has 0 fully saturated rings. The van der Waals surface area contributed by atoms with E-state index < -0.39 is 0 Å². The summed E-state index contributed by atoms with van der Waals surface area (Å²) in [5, 5.41) is 17.1. The van der Waals surface area contributed by atoms with Gasteiger partial charge in [0.15, 0.2) is 0 Å². The van der Waals surface area contributed by atoms with Gasteiger partial charge in [0.25, 0.3) is 0 Å². The summed E-state index contributed by atoms with van der Waals surface area (Å²) in [5.74, 6) is 0.736. The molecule has 0 bridgehead atoms. The fourth-order valence-electron chi connectivity index (χ4n) is 1.58. The van der Waals surface area contributed by atoms with Gasteiger partial charge in [-0.05, 0) is 34.9 Å². The Morgan fingerprint density at radius 1 is 1.33 bits per heavy atom. The molecule has 2 N–H and O–H groups in total.